The Balaban J connectivity index is 1.13. The number of para-hydroxylation sites is 1. The van der Waals surface area contributed by atoms with E-state index in [-0.39, 0.29) is 0 Å². The van der Waals surface area contributed by atoms with Crippen molar-refractivity contribution in [1.29, 1.82) is 0 Å². The summed E-state index contributed by atoms with van der Waals surface area (Å²) in [4.78, 5) is 7.23. The van der Waals surface area contributed by atoms with Crippen molar-refractivity contribution in [3.63, 3.8) is 0 Å². The summed E-state index contributed by atoms with van der Waals surface area (Å²) in [6, 6.07) is 62.5. The van der Waals surface area contributed by atoms with Crippen molar-refractivity contribution < 1.29 is 4.42 Å². The predicted octanol–water partition coefficient (Wildman–Crippen LogP) is 13.2. The van der Waals surface area contributed by atoms with Crippen molar-refractivity contribution >= 4 is 71.4 Å². The minimum absolute atomic E-state index is 0.791. The van der Waals surface area contributed by atoms with Crippen LogP contribution in [0.5, 0.6) is 0 Å². The number of fused-ring (bicyclic) bond motifs is 8. The molecule has 10 aromatic rings. The van der Waals surface area contributed by atoms with Gasteiger partial charge in [-0.1, -0.05) is 133 Å². The van der Waals surface area contributed by atoms with Crippen LogP contribution in [0.2, 0.25) is 0 Å². The lowest BCUT2D eigenvalue weighted by Gasteiger charge is -2.25. The fourth-order valence-electron chi connectivity index (χ4n) is 7.48. The van der Waals surface area contributed by atoms with Gasteiger partial charge in [-0.25, -0.2) is 4.98 Å². The summed E-state index contributed by atoms with van der Waals surface area (Å²) in [6.07, 6.45) is 1.93. The van der Waals surface area contributed by atoms with E-state index in [9.17, 15) is 0 Å². The van der Waals surface area contributed by atoms with Crippen molar-refractivity contribution in [2.24, 2.45) is 0 Å². The Kier molecular flexibility index (Phi) is 6.49. The molecule has 0 unspecified atom stereocenters. The smallest absolute Gasteiger partial charge is 0.141 e. The molecule has 3 heteroatoms. The Morgan fingerprint density at radius 3 is 1.80 bits per heavy atom. The van der Waals surface area contributed by atoms with Crippen LogP contribution in [0.15, 0.2) is 187 Å². The molecule has 234 valence electrons. The highest BCUT2D eigenvalue weighted by Gasteiger charge is 2.18. The molecule has 3 nitrogen and oxygen atoms in total. The number of furan rings is 1. The van der Waals surface area contributed by atoms with Gasteiger partial charge in [-0.3, -0.25) is 4.90 Å². The SMILES string of the molecule is c1ccc(-c2ccc(N(c3ccc(-c4cc5ccccc5c5ccc6ccccc6c45)cc3)c3cc4oc5ccccc5c4cn3)cc2)cc1. The molecular formula is C47H30N2O. The van der Waals surface area contributed by atoms with Crippen LogP contribution >= 0.6 is 0 Å². The molecule has 2 heterocycles. The third-order valence-electron chi connectivity index (χ3n) is 9.90. The summed E-state index contributed by atoms with van der Waals surface area (Å²) in [7, 11) is 0. The van der Waals surface area contributed by atoms with Crippen LogP contribution in [0.3, 0.4) is 0 Å². The average Bonchev–Trinajstić information content (AvgIpc) is 3.56. The van der Waals surface area contributed by atoms with Crippen LogP contribution in [-0.2, 0) is 0 Å². The van der Waals surface area contributed by atoms with E-state index >= 15 is 0 Å². The van der Waals surface area contributed by atoms with Gasteiger partial charge in [0, 0.05) is 34.4 Å². The molecule has 0 aliphatic rings. The molecule has 0 aliphatic carbocycles. The number of benzene rings is 8. The summed E-state index contributed by atoms with van der Waals surface area (Å²) < 4.78 is 6.31. The third kappa shape index (κ3) is 4.63. The van der Waals surface area contributed by atoms with Crippen LogP contribution < -0.4 is 4.90 Å². The molecule has 0 fully saturated rings. The number of anilines is 3. The first-order valence-electron chi connectivity index (χ1n) is 17.0. The minimum atomic E-state index is 0.791. The number of hydrogen-bond donors (Lipinski definition) is 0. The minimum Gasteiger partial charge on any atom is -0.456 e. The quantitative estimate of drug-likeness (QED) is 0.176. The first-order chi connectivity index (χ1) is 24.8. The van der Waals surface area contributed by atoms with Crippen LogP contribution in [-0.4, -0.2) is 4.98 Å². The lowest BCUT2D eigenvalue weighted by Crippen LogP contribution is -2.11. The lowest BCUT2D eigenvalue weighted by molar-refractivity contribution is 0.668. The van der Waals surface area contributed by atoms with Gasteiger partial charge in [0.25, 0.3) is 0 Å². The van der Waals surface area contributed by atoms with E-state index in [0.29, 0.717) is 0 Å². The summed E-state index contributed by atoms with van der Waals surface area (Å²) in [5.41, 5.74) is 8.45. The molecule has 0 bridgehead atoms. The van der Waals surface area contributed by atoms with E-state index in [4.69, 9.17) is 9.40 Å². The van der Waals surface area contributed by atoms with E-state index in [1.54, 1.807) is 0 Å². The highest BCUT2D eigenvalue weighted by Crippen LogP contribution is 2.42. The van der Waals surface area contributed by atoms with Crippen LogP contribution in [0.25, 0.3) is 76.5 Å². The molecule has 0 atom stereocenters. The van der Waals surface area contributed by atoms with Gasteiger partial charge in [-0.2, -0.15) is 0 Å². The summed E-state index contributed by atoms with van der Waals surface area (Å²) in [5.74, 6) is 0.791. The van der Waals surface area contributed by atoms with Gasteiger partial charge >= 0.3 is 0 Å². The molecule has 0 aliphatic heterocycles. The summed E-state index contributed by atoms with van der Waals surface area (Å²) in [5, 5.41) is 9.63. The van der Waals surface area contributed by atoms with Gasteiger partial charge in [-0.15, -0.1) is 0 Å². The van der Waals surface area contributed by atoms with Crippen molar-refractivity contribution in [1.82, 2.24) is 4.98 Å². The number of nitrogens with zero attached hydrogens (tertiary/aromatic N) is 2. The molecule has 0 saturated carbocycles. The van der Waals surface area contributed by atoms with E-state index < -0.39 is 0 Å². The molecule has 0 amide bonds. The molecule has 0 saturated heterocycles. The van der Waals surface area contributed by atoms with Gasteiger partial charge in [0.05, 0.1) is 0 Å². The molecule has 0 radical (unpaired) electrons. The zero-order valence-corrected chi connectivity index (χ0v) is 27.1. The Morgan fingerprint density at radius 2 is 1.02 bits per heavy atom. The maximum atomic E-state index is 6.31. The Labute approximate surface area is 289 Å². The van der Waals surface area contributed by atoms with E-state index in [1.165, 1.54) is 54.6 Å². The second-order valence-electron chi connectivity index (χ2n) is 12.8. The van der Waals surface area contributed by atoms with E-state index in [2.05, 4.69) is 157 Å². The van der Waals surface area contributed by atoms with Crippen LogP contribution in [0, 0.1) is 0 Å². The number of hydrogen-bond acceptors (Lipinski definition) is 3. The normalized spacial score (nSPS) is 11.6. The Bertz CT molecular complexity index is 2850. The van der Waals surface area contributed by atoms with Gasteiger partial charge in [0.15, 0.2) is 0 Å². The summed E-state index contributed by atoms with van der Waals surface area (Å²) in [6.45, 7) is 0. The highest BCUT2D eigenvalue weighted by atomic mass is 16.3. The maximum Gasteiger partial charge on any atom is 0.141 e. The fraction of sp³-hybridized carbons (Fsp3) is 0. The van der Waals surface area contributed by atoms with Crippen LogP contribution in [0.4, 0.5) is 17.2 Å². The zero-order chi connectivity index (χ0) is 33.0. The monoisotopic (exact) mass is 638 g/mol. The molecule has 50 heavy (non-hydrogen) atoms. The van der Waals surface area contributed by atoms with Gasteiger partial charge in [0.1, 0.15) is 17.0 Å². The molecule has 2 aromatic heterocycles. The van der Waals surface area contributed by atoms with E-state index in [1.807, 2.05) is 30.5 Å². The first-order valence-corrected chi connectivity index (χ1v) is 17.0. The molecule has 0 spiro atoms. The van der Waals surface area contributed by atoms with Crippen molar-refractivity contribution in [3.8, 4) is 22.3 Å². The van der Waals surface area contributed by atoms with Gasteiger partial charge in [0.2, 0.25) is 0 Å². The zero-order valence-electron chi connectivity index (χ0n) is 27.1. The predicted molar refractivity (Wildman–Crippen MR) is 210 cm³/mol. The van der Waals surface area contributed by atoms with Crippen molar-refractivity contribution in [2.45, 2.75) is 0 Å². The summed E-state index contributed by atoms with van der Waals surface area (Å²) >= 11 is 0. The third-order valence-corrected chi connectivity index (χ3v) is 9.90. The molecule has 8 aromatic carbocycles. The van der Waals surface area contributed by atoms with Crippen molar-refractivity contribution in [2.75, 3.05) is 4.90 Å². The molecule has 10 rings (SSSR count). The highest BCUT2D eigenvalue weighted by molar-refractivity contribution is 6.23. The largest absolute Gasteiger partial charge is 0.456 e. The first kappa shape index (κ1) is 28.3. The second-order valence-corrected chi connectivity index (χ2v) is 12.8. The Morgan fingerprint density at radius 1 is 0.400 bits per heavy atom. The Hall–Kier alpha value is -6.71. The number of pyridine rings is 1. The average molecular weight is 639 g/mol. The molecular weight excluding hydrogens is 609 g/mol. The van der Waals surface area contributed by atoms with Gasteiger partial charge < -0.3 is 4.42 Å². The topological polar surface area (TPSA) is 29.3 Å². The second kappa shape index (κ2) is 11.5. The standard InChI is InChI=1S/C47H30N2O/c1-2-10-31(11-3-1)32-18-23-36(24-19-32)49(46-29-45-43(30-48-46)40-16-8-9-17-44(40)50-45)37-25-20-34(21-26-37)42-28-35-13-5-6-14-38(35)41-27-22-33-12-4-7-15-39(33)47(41)42/h1-30H. The van der Waals surface area contributed by atoms with Crippen molar-refractivity contribution in [3.05, 3.63) is 182 Å². The maximum absolute atomic E-state index is 6.31. The van der Waals surface area contributed by atoms with Gasteiger partial charge in [-0.05, 0) is 91.0 Å². The number of rotatable bonds is 5. The lowest BCUT2D eigenvalue weighted by atomic mass is 9.90. The van der Waals surface area contributed by atoms with E-state index in [0.717, 1.165) is 39.1 Å². The molecule has 0 N–H and O–H groups in total. The van der Waals surface area contributed by atoms with Crippen LogP contribution in [0.1, 0.15) is 0 Å². The number of aromatic nitrogens is 1. The fourth-order valence-corrected chi connectivity index (χ4v) is 7.48.